The second kappa shape index (κ2) is 9.51. The summed E-state index contributed by atoms with van der Waals surface area (Å²) in [5.41, 5.74) is 0. The van der Waals surface area contributed by atoms with Crippen LogP contribution in [0.5, 0.6) is 0 Å². The van der Waals surface area contributed by atoms with Gasteiger partial charge in [-0.2, -0.15) is 18.2 Å². The van der Waals surface area contributed by atoms with E-state index < -0.39 is 18.3 Å². The lowest BCUT2D eigenvalue weighted by molar-refractivity contribution is -0.147. The smallest absolute Gasteiger partial charge is 0.368 e. The molecular weight excluding hydrogens is 483 g/mol. The number of aliphatic hydroxyl groups excluding tert-OH is 1. The molecule has 5 heterocycles. The Morgan fingerprint density at radius 1 is 1.14 bits per heavy atom. The molecule has 2 N–H and O–H groups in total. The van der Waals surface area contributed by atoms with E-state index in [1.807, 2.05) is 4.90 Å². The molecule has 3 aromatic rings. The van der Waals surface area contributed by atoms with Crippen molar-refractivity contribution in [3.05, 3.63) is 22.6 Å². The summed E-state index contributed by atoms with van der Waals surface area (Å²) < 4.78 is 41.0. The quantitative estimate of drug-likeness (QED) is 0.487. The molecule has 190 valence electrons. The third-order valence-corrected chi connectivity index (χ3v) is 7.65. The molecule has 0 aromatic carbocycles. The SMILES string of the molecule is CCCc1cc2c(N3CCn4c(nnc4C(F)(F)F)C3)nc(N3CCCC(CC(O)O)C3)nc2s1. The number of hydrogen-bond acceptors (Lipinski definition) is 9. The van der Waals surface area contributed by atoms with Gasteiger partial charge in [-0.25, -0.2) is 4.98 Å². The van der Waals surface area contributed by atoms with E-state index in [2.05, 4.69) is 28.1 Å². The molecule has 35 heavy (non-hydrogen) atoms. The number of aliphatic hydroxyl groups is 2. The predicted molar refractivity (Wildman–Crippen MR) is 125 cm³/mol. The molecule has 0 saturated carbocycles. The summed E-state index contributed by atoms with van der Waals surface area (Å²) in [4.78, 5) is 15.8. The highest BCUT2D eigenvalue weighted by molar-refractivity contribution is 7.18. The average molecular weight is 512 g/mol. The normalized spacial score (nSPS) is 19.1. The first-order chi connectivity index (χ1) is 16.7. The second-order valence-corrected chi connectivity index (χ2v) is 10.3. The lowest BCUT2D eigenvalue weighted by Crippen LogP contribution is -2.39. The predicted octanol–water partition coefficient (Wildman–Crippen LogP) is 3.19. The third kappa shape index (κ3) is 4.94. The van der Waals surface area contributed by atoms with Gasteiger partial charge in [0.1, 0.15) is 10.6 Å². The fourth-order valence-electron chi connectivity index (χ4n) is 4.98. The number of aromatic nitrogens is 5. The number of rotatable bonds is 6. The van der Waals surface area contributed by atoms with Crippen molar-refractivity contribution >= 4 is 33.3 Å². The van der Waals surface area contributed by atoms with Gasteiger partial charge in [0.25, 0.3) is 0 Å². The Hall–Kier alpha value is -2.51. The van der Waals surface area contributed by atoms with E-state index in [0.717, 1.165) is 47.0 Å². The number of halogens is 3. The van der Waals surface area contributed by atoms with Gasteiger partial charge in [0.15, 0.2) is 12.1 Å². The molecule has 1 atom stereocenters. The number of alkyl halides is 3. The van der Waals surface area contributed by atoms with Crippen molar-refractivity contribution < 1.29 is 23.4 Å². The van der Waals surface area contributed by atoms with Crippen LogP contribution in [0, 0.1) is 5.92 Å². The number of thiophene rings is 1. The van der Waals surface area contributed by atoms with Crippen molar-refractivity contribution in [1.82, 2.24) is 24.7 Å². The van der Waals surface area contributed by atoms with Crippen molar-refractivity contribution in [2.24, 2.45) is 5.92 Å². The van der Waals surface area contributed by atoms with E-state index >= 15 is 0 Å². The molecule has 0 spiro atoms. The van der Waals surface area contributed by atoms with Crippen LogP contribution in [0.25, 0.3) is 10.2 Å². The molecular formula is C22H28F3N7O2S. The van der Waals surface area contributed by atoms with Crippen LogP contribution >= 0.6 is 11.3 Å². The summed E-state index contributed by atoms with van der Waals surface area (Å²) in [6, 6.07) is 2.09. The Balaban J connectivity index is 1.50. The Morgan fingerprint density at radius 3 is 2.71 bits per heavy atom. The van der Waals surface area contributed by atoms with Gasteiger partial charge in [-0.15, -0.1) is 21.5 Å². The number of hydrogen-bond donors (Lipinski definition) is 2. The molecule has 5 rings (SSSR count). The van der Waals surface area contributed by atoms with Crippen molar-refractivity contribution in [2.45, 2.75) is 64.6 Å². The highest BCUT2D eigenvalue weighted by Crippen LogP contribution is 2.37. The first-order valence-electron chi connectivity index (χ1n) is 11.9. The Kier molecular flexibility index (Phi) is 6.57. The summed E-state index contributed by atoms with van der Waals surface area (Å²) in [7, 11) is 0. The van der Waals surface area contributed by atoms with Crippen LogP contribution in [0.15, 0.2) is 6.07 Å². The maximum Gasteiger partial charge on any atom is 0.451 e. The molecule has 0 radical (unpaired) electrons. The zero-order valence-corrected chi connectivity index (χ0v) is 20.2. The Morgan fingerprint density at radius 2 is 1.97 bits per heavy atom. The maximum absolute atomic E-state index is 13.3. The number of nitrogens with zero attached hydrogens (tertiary/aromatic N) is 7. The molecule has 0 amide bonds. The fraction of sp³-hybridized carbons (Fsp3) is 0.636. The monoisotopic (exact) mass is 511 g/mol. The molecule has 2 aliphatic rings. The summed E-state index contributed by atoms with van der Waals surface area (Å²) in [6.45, 7) is 4.13. The standard InChI is InChI=1S/C22H28F3N7O2S/c1-2-4-14-10-15-18(30-7-8-32-16(12-30)28-29-20(32)22(23,24)25)26-21(27-19(15)35-14)31-6-3-5-13(11-31)9-17(33)34/h10,13,17,33-34H,2-9,11-12H2,1H3. The summed E-state index contributed by atoms with van der Waals surface area (Å²) in [6.07, 6.45) is -1.88. The van der Waals surface area contributed by atoms with Crippen LogP contribution in [0.3, 0.4) is 0 Å². The van der Waals surface area contributed by atoms with Gasteiger partial charge in [-0.05, 0) is 31.2 Å². The number of fused-ring (bicyclic) bond motifs is 2. The minimum absolute atomic E-state index is 0.115. The zero-order valence-electron chi connectivity index (χ0n) is 19.4. The van der Waals surface area contributed by atoms with Gasteiger partial charge < -0.3 is 24.6 Å². The van der Waals surface area contributed by atoms with Crippen molar-refractivity contribution in [3.63, 3.8) is 0 Å². The largest absolute Gasteiger partial charge is 0.451 e. The molecule has 3 aromatic heterocycles. The molecule has 1 fully saturated rings. The lowest BCUT2D eigenvalue weighted by Gasteiger charge is -2.34. The van der Waals surface area contributed by atoms with Gasteiger partial charge in [-0.1, -0.05) is 13.3 Å². The van der Waals surface area contributed by atoms with Gasteiger partial charge in [0.2, 0.25) is 11.8 Å². The van der Waals surface area contributed by atoms with Crippen LogP contribution in [0.2, 0.25) is 0 Å². The van der Waals surface area contributed by atoms with Crippen LogP contribution in [-0.2, 0) is 25.7 Å². The van der Waals surface area contributed by atoms with Crippen molar-refractivity contribution in [1.29, 1.82) is 0 Å². The fourth-order valence-corrected chi connectivity index (χ4v) is 6.10. The molecule has 2 aliphatic heterocycles. The molecule has 0 bridgehead atoms. The Labute approximate surface area is 204 Å². The van der Waals surface area contributed by atoms with E-state index in [1.165, 1.54) is 4.88 Å². The molecule has 13 heteroatoms. The molecule has 1 saturated heterocycles. The van der Waals surface area contributed by atoms with Crippen molar-refractivity contribution in [3.8, 4) is 0 Å². The van der Waals surface area contributed by atoms with E-state index in [4.69, 9.17) is 9.97 Å². The van der Waals surface area contributed by atoms with E-state index in [0.29, 0.717) is 31.3 Å². The number of aryl methyl sites for hydroxylation is 1. The molecule has 0 aliphatic carbocycles. The maximum atomic E-state index is 13.3. The first-order valence-corrected chi connectivity index (χ1v) is 12.7. The number of piperidine rings is 1. The van der Waals surface area contributed by atoms with E-state index in [1.54, 1.807) is 11.3 Å². The van der Waals surface area contributed by atoms with Gasteiger partial charge in [-0.3, -0.25) is 0 Å². The van der Waals surface area contributed by atoms with Crippen molar-refractivity contribution in [2.75, 3.05) is 29.4 Å². The highest BCUT2D eigenvalue weighted by atomic mass is 32.1. The van der Waals surface area contributed by atoms with Crippen LogP contribution in [-0.4, -0.2) is 60.9 Å². The highest BCUT2D eigenvalue weighted by Gasteiger charge is 2.40. The van der Waals surface area contributed by atoms with Crippen LogP contribution in [0.1, 0.15) is 49.1 Å². The minimum Gasteiger partial charge on any atom is -0.368 e. The van der Waals surface area contributed by atoms with Gasteiger partial charge in [0, 0.05) is 37.5 Å². The summed E-state index contributed by atoms with van der Waals surface area (Å²) in [5, 5.41) is 26.9. The van der Waals surface area contributed by atoms with Crippen LogP contribution < -0.4 is 9.80 Å². The minimum atomic E-state index is -4.54. The Bertz CT molecular complexity index is 1200. The van der Waals surface area contributed by atoms with E-state index in [-0.39, 0.29) is 24.8 Å². The first kappa shape index (κ1) is 24.2. The van der Waals surface area contributed by atoms with E-state index in [9.17, 15) is 23.4 Å². The number of anilines is 2. The zero-order chi connectivity index (χ0) is 24.7. The second-order valence-electron chi connectivity index (χ2n) is 9.21. The summed E-state index contributed by atoms with van der Waals surface area (Å²) in [5.74, 6) is 0.677. The van der Waals surface area contributed by atoms with Gasteiger partial charge >= 0.3 is 6.18 Å². The average Bonchev–Trinajstić information content (AvgIpc) is 3.41. The molecule has 9 nitrogen and oxygen atoms in total. The molecule has 1 unspecified atom stereocenters. The summed E-state index contributed by atoms with van der Waals surface area (Å²) >= 11 is 1.62. The lowest BCUT2D eigenvalue weighted by atomic mass is 9.95. The van der Waals surface area contributed by atoms with Gasteiger partial charge in [0.05, 0.1) is 11.9 Å². The third-order valence-electron chi connectivity index (χ3n) is 6.56. The van der Waals surface area contributed by atoms with Crippen LogP contribution in [0.4, 0.5) is 24.9 Å². The topological polar surface area (TPSA) is 103 Å².